The van der Waals surface area contributed by atoms with E-state index in [0.29, 0.717) is 17.0 Å². The number of benzene rings is 1. The fourth-order valence-corrected chi connectivity index (χ4v) is 4.45. The standard InChI is InChI=1S/C26H25F3N6O/c1-25(2)10-12-30-20-13-15(6-8-17(20)25)32-23-16-7-9-19(33-24(16)35-21(34-23)14-36-3)22-18(26(27,28)29)5-4-11-31-22/h4-9,11,13,30H,10,12,14H2,1-3H3,(H,32,33,34,35). The smallest absolute Gasteiger partial charge is 0.385 e. The minimum absolute atomic E-state index is 0.0728. The van der Waals surface area contributed by atoms with Crippen molar-refractivity contribution in [2.45, 2.75) is 38.5 Å². The van der Waals surface area contributed by atoms with Crippen LogP contribution in [0.1, 0.15) is 37.2 Å². The maximum absolute atomic E-state index is 13.6. The average Bonchev–Trinajstić information content (AvgIpc) is 2.83. The molecule has 1 aliphatic rings. The molecule has 0 unspecified atom stereocenters. The molecule has 1 aliphatic heterocycles. The number of nitrogens with one attached hydrogen (secondary N) is 2. The van der Waals surface area contributed by atoms with E-state index in [1.807, 2.05) is 12.1 Å². The van der Waals surface area contributed by atoms with Crippen molar-refractivity contribution in [3.8, 4) is 11.4 Å². The minimum atomic E-state index is -4.56. The Labute approximate surface area is 206 Å². The topological polar surface area (TPSA) is 84.9 Å². The summed E-state index contributed by atoms with van der Waals surface area (Å²) in [6.45, 7) is 5.46. The van der Waals surface area contributed by atoms with Gasteiger partial charge in [-0.1, -0.05) is 19.9 Å². The molecular formula is C26H25F3N6O. The number of halogens is 3. The van der Waals surface area contributed by atoms with Crippen molar-refractivity contribution < 1.29 is 17.9 Å². The zero-order valence-electron chi connectivity index (χ0n) is 20.1. The highest BCUT2D eigenvalue weighted by Crippen LogP contribution is 2.39. The van der Waals surface area contributed by atoms with Gasteiger partial charge in [-0.3, -0.25) is 4.98 Å². The molecule has 186 valence electrons. The van der Waals surface area contributed by atoms with Crippen LogP contribution in [0.3, 0.4) is 0 Å². The van der Waals surface area contributed by atoms with Gasteiger partial charge in [-0.15, -0.1) is 0 Å². The van der Waals surface area contributed by atoms with Gasteiger partial charge in [0.05, 0.1) is 16.6 Å². The Hall–Kier alpha value is -3.79. The summed E-state index contributed by atoms with van der Waals surface area (Å²) in [5.41, 5.74) is 2.40. The van der Waals surface area contributed by atoms with Crippen LogP contribution in [-0.2, 0) is 22.9 Å². The summed E-state index contributed by atoms with van der Waals surface area (Å²) in [4.78, 5) is 17.4. The van der Waals surface area contributed by atoms with Gasteiger partial charge < -0.3 is 15.4 Å². The van der Waals surface area contributed by atoms with E-state index in [4.69, 9.17) is 4.74 Å². The fourth-order valence-electron chi connectivity index (χ4n) is 4.45. The molecule has 1 aromatic carbocycles. The lowest BCUT2D eigenvalue weighted by atomic mass is 9.78. The highest BCUT2D eigenvalue weighted by molar-refractivity contribution is 5.90. The van der Waals surface area contributed by atoms with E-state index in [2.05, 4.69) is 50.5 Å². The maximum Gasteiger partial charge on any atom is 0.418 e. The first-order valence-electron chi connectivity index (χ1n) is 11.5. The highest BCUT2D eigenvalue weighted by atomic mass is 19.4. The van der Waals surface area contributed by atoms with Gasteiger partial charge in [-0.05, 0) is 53.8 Å². The van der Waals surface area contributed by atoms with Crippen LogP contribution in [0.25, 0.3) is 22.4 Å². The highest BCUT2D eigenvalue weighted by Gasteiger charge is 2.34. The van der Waals surface area contributed by atoms with Gasteiger partial charge in [-0.25, -0.2) is 15.0 Å². The molecule has 5 rings (SSSR count). The number of aromatic nitrogens is 4. The number of anilines is 3. The number of fused-ring (bicyclic) bond motifs is 2. The molecule has 36 heavy (non-hydrogen) atoms. The molecule has 0 saturated heterocycles. The van der Waals surface area contributed by atoms with E-state index in [0.717, 1.165) is 30.4 Å². The van der Waals surface area contributed by atoms with Gasteiger partial charge >= 0.3 is 6.18 Å². The molecule has 0 aliphatic carbocycles. The molecule has 0 atom stereocenters. The second kappa shape index (κ2) is 9.02. The second-order valence-corrected chi connectivity index (χ2v) is 9.33. The van der Waals surface area contributed by atoms with Crippen molar-refractivity contribution in [2.75, 3.05) is 24.3 Å². The van der Waals surface area contributed by atoms with E-state index in [9.17, 15) is 13.2 Å². The van der Waals surface area contributed by atoms with Crippen molar-refractivity contribution in [3.05, 3.63) is 65.6 Å². The van der Waals surface area contributed by atoms with Gasteiger partial charge in [0.25, 0.3) is 0 Å². The lowest BCUT2D eigenvalue weighted by Gasteiger charge is -2.33. The molecule has 4 heterocycles. The number of methoxy groups -OCH3 is 1. The third-order valence-corrected chi connectivity index (χ3v) is 6.31. The first-order valence-corrected chi connectivity index (χ1v) is 11.5. The molecule has 4 aromatic rings. The van der Waals surface area contributed by atoms with Crippen molar-refractivity contribution >= 4 is 28.2 Å². The van der Waals surface area contributed by atoms with Crippen LogP contribution in [0.15, 0.2) is 48.7 Å². The Kier molecular flexibility index (Phi) is 5.99. The SMILES string of the molecule is COCc1nc(Nc2ccc3c(c2)NCCC3(C)C)c2ccc(-c3ncccc3C(F)(F)F)nc2n1. The van der Waals surface area contributed by atoms with Crippen LogP contribution in [0, 0.1) is 0 Å². The average molecular weight is 495 g/mol. The molecule has 3 aromatic heterocycles. The summed E-state index contributed by atoms with van der Waals surface area (Å²) in [7, 11) is 1.52. The van der Waals surface area contributed by atoms with E-state index in [1.54, 1.807) is 6.07 Å². The van der Waals surface area contributed by atoms with Crippen molar-refractivity contribution in [2.24, 2.45) is 0 Å². The number of alkyl halides is 3. The molecule has 0 amide bonds. The lowest BCUT2D eigenvalue weighted by molar-refractivity contribution is -0.137. The molecule has 10 heteroatoms. The quantitative estimate of drug-likeness (QED) is 0.347. The third kappa shape index (κ3) is 4.56. The number of rotatable bonds is 5. The number of hydrogen-bond acceptors (Lipinski definition) is 7. The molecule has 0 saturated carbocycles. The Morgan fingerprint density at radius 1 is 1.08 bits per heavy atom. The predicted molar refractivity (Wildman–Crippen MR) is 132 cm³/mol. The van der Waals surface area contributed by atoms with Crippen LogP contribution < -0.4 is 10.6 Å². The first-order chi connectivity index (χ1) is 17.2. The predicted octanol–water partition coefficient (Wildman–Crippen LogP) is 6.09. The van der Waals surface area contributed by atoms with E-state index >= 15 is 0 Å². The van der Waals surface area contributed by atoms with E-state index in [1.165, 1.54) is 31.0 Å². The van der Waals surface area contributed by atoms with Gasteiger partial charge in [0, 0.05) is 31.2 Å². The zero-order chi connectivity index (χ0) is 25.5. The number of nitrogens with zero attached hydrogens (tertiary/aromatic N) is 4. The molecule has 0 fully saturated rings. The molecule has 2 N–H and O–H groups in total. The molecule has 0 bridgehead atoms. The van der Waals surface area contributed by atoms with Crippen LogP contribution in [0.5, 0.6) is 0 Å². The molecule has 0 radical (unpaired) electrons. The Morgan fingerprint density at radius 2 is 1.92 bits per heavy atom. The van der Waals surface area contributed by atoms with Gasteiger partial charge in [0.1, 0.15) is 18.1 Å². The summed E-state index contributed by atoms with van der Waals surface area (Å²) >= 11 is 0. The lowest BCUT2D eigenvalue weighted by Crippen LogP contribution is -2.28. The molecular weight excluding hydrogens is 469 g/mol. The summed E-state index contributed by atoms with van der Waals surface area (Å²) in [5.74, 6) is 0.838. The number of pyridine rings is 2. The van der Waals surface area contributed by atoms with Crippen molar-refractivity contribution in [1.29, 1.82) is 0 Å². The molecule has 0 spiro atoms. The minimum Gasteiger partial charge on any atom is -0.385 e. The Balaban J connectivity index is 1.58. The van der Waals surface area contributed by atoms with Crippen molar-refractivity contribution in [3.63, 3.8) is 0 Å². The second-order valence-electron chi connectivity index (χ2n) is 9.33. The van der Waals surface area contributed by atoms with Crippen LogP contribution >= 0.6 is 0 Å². The first kappa shape index (κ1) is 23.9. The summed E-state index contributed by atoms with van der Waals surface area (Å²) in [5, 5.41) is 7.35. The zero-order valence-corrected chi connectivity index (χ0v) is 20.1. The van der Waals surface area contributed by atoms with E-state index < -0.39 is 11.7 Å². The van der Waals surface area contributed by atoms with Gasteiger partial charge in [-0.2, -0.15) is 13.2 Å². The summed E-state index contributed by atoms with van der Waals surface area (Å²) < 4.78 is 45.9. The number of ether oxygens (including phenoxy) is 1. The monoisotopic (exact) mass is 494 g/mol. The Bertz CT molecular complexity index is 1440. The van der Waals surface area contributed by atoms with Crippen molar-refractivity contribution in [1.82, 2.24) is 19.9 Å². The normalized spacial score (nSPS) is 14.8. The number of hydrogen-bond donors (Lipinski definition) is 2. The Morgan fingerprint density at radius 3 is 2.69 bits per heavy atom. The third-order valence-electron chi connectivity index (χ3n) is 6.31. The van der Waals surface area contributed by atoms with Crippen LogP contribution in [-0.4, -0.2) is 33.6 Å². The molecule has 7 nitrogen and oxygen atoms in total. The van der Waals surface area contributed by atoms with E-state index in [-0.39, 0.29) is 29.1 Å². The van der Waals surface area contributed by atoms with Gasteiger partial charge in [0.15, 0.2) is 11.5 Å². The summed E-state index contributed by atoms with van der Waals surface area (Å²) in [6, 6.07) is 11.5. The van der Waals surface area contributed by atoms with Gasteiger partial charge in [0.2, 0.25) is 0 Å². The largest absolute Gasteiger partial charge is 0.418 e. The van der Waals surface area contributed by atoms with Crippen LogP contribution in [0.4, 0.5) is 30.4 Å². The fraction of sp³-hybridized carbons (Fsp3) is 0.308. The maximum atomic E-state index is 13.6. The van der Waals surface area contributed by atoms with Crippen LogP contribution in [0.2, 0.25) is 0 Å². The summed E-state index contributed by atoms with van der Waals surface area (Å²) in [6.07, 6.45) is -2.20.